The number of nitrogens with one attached hydrogen (secondary N) is 1. The molecule has 0 atom stereocenters. The molecule has 0 saturated heterocycles. The molecule has 0 aliphatic carbocycles. The number of amides is 1. The van der Waals surface area contributed by atoms with Gasteiger partial charge in [-0.3, -0.25) is 4.79 Å². The van der Waals surface area contributed by atoms with Gasteiger partial charge in [0.15, 0.2) is 6.61 Å². The third kappa shape index (κ3) is 5.36. The Morgan fingerprint density at radius 3 is 3.05 bits per heavy atom. The Kier molecular flexibility index (Phi) is 5.34. The van der Waals surface area contributed by atoms with Gasteiger partial charge in [-0.2, -0.15) is 5.10 Å². The summed E-state index contributed by atoms with van der Waals surface area (Å²) in [7, 11) is 0. The third-order valence-electron chi connectivity index (χ3n) is 2.51. The second kappa shape index (κ2) is 7.69. The lowest BCUT2D eigenvalue weighted by Crippen LogP contribution is -2.24. The molecule has 0 bridgehead atoms. The quantitative estimate of drug-likeness (QED) is 0.655. The first-order chi connectivity index (χ1) is 10.2. The molecule has 0 spiro atoms. The molecule has 21 heavy (non-hydrogen) atoms. The van der Waals surface area contributed by atoms with Crippen molar-refractivity contribution in [2.24, 2.45) is 5.10 Å². The second-order valence-electron chi connectivity index (χ2n) is 4.29. The van der Waals surface area contributed by atoms with Gasteiger partial charge in [0.25, 0.3) is 5.91 Å². The first-order valence-electron chi connectivity index (χ1n) is 6.45. The summed E-state index contributed by atoms with van der Waals surface area (Å²) in [5.74, 6) is 1.06. The van der Waals surface area contributed by atoms with Gasteiger partial charge in [0.05, 0.1) is 6.26 Å². The van der Waals surface area contributed by atoms with Gasteiger partial charge in [-0.1, -0.05) is 12.1 Å². The fraction of sp³-hybridized carbons (Fsp3) is 0.125. The summed E-state index contributed by atoms with van der Waals surface area (Å²) in [5.41, 5.74) is 3.45. The Balaban J connectivity index is 1.70. The van der Waals surface area contributed by atoms with Crippen LogP contribution in [0.2, 0.25) is 0 Å². The lowest BCUT2D eigenvalue weighted by Gasteiger charge is -2.05. The van der Waals surface area contributed by atoms with E-state index in [1.165, 1.54) is 6.21 Å². The molecule has 1 aromatic heterocycles. The maximum Gasteiger partial charge on any atom is 0.277 e. The molecule has 1 aromatic carbocycles. The fourth-order valence-electron chi connectivity index (χ4n) is 1.56. The van der Waals surface area contributed by atoms with Crippen molar-refractivity contribution in [2.75, 3.05) is 6.61 Å². The predicted octanol–water partition coefficient (Wildman–Crippen LogP) is 2.78. The van der Waals surface area contributed by atoms with Gasteiger partial charge in [-0.05, 0) is 48.9 Å². The van der Waals surface area contributed by atoms with Gasteiger partial charge in [-0.25, -0.2) is 5.43 Å². The van der Waals surface area contributed by atoms with E-state index in [1.54, 1.807) is 30.5 Å². The number of hydrogen-bond acceptors (Lipinski definition) is 4. The Labute approximate surface area is 122 Å². The Morgan fingerprint density at radius 2 is 2.29 bits per heavy atom. The van der Waals surface area contributed by atoms with Crippen LogP contribution >= 0.6 is 0 Å². The second-order valence-corrected chi connectivity index (χ2v) is 4.29. The number of aryl methyl sites for hydroxylation is 1. The number of carbonyl (C=O) groups excluding carboxylic acids is 1. The van der Waals surface area contributed by atoms with Gasteiger partial charge in [-0.15, -0.1) is 0 Å². The van der Waals surface area contributed by atoms with Crippen molar-refractivity contribution < 1.29 is 13.9 Å². The zero-order chi connectivity index (χ0) is 14.9. The highest BCUT2D eigenvalue weighted by atomic mass is 16.5. The highest BCUT2D eigenvalue weighted by Gasteiger charge is 2.00. The van der Waals surface area contributed by atoms with Gasteiger partial charge >= 0.3 is 0 Å². The summed E-state index contributed by atoms with van der Waals surface area (Å²) in [6, 6.07) is 11.1. The van der Waals surface area contributed by atoms with E-state index in [9.17, 15) is 4.79 Å². The van der Waals surface area contributed by atoms with E-state index in [1.807, 2.05) is 31.2 Å². The average molecular weight is 284 g/mol. The van der Waals surface area contributed by atoms with E-state index < -0.39 is 0 Å². The Morgan fingerprint density at radius 1 is 1.38 bits per heavy atom. The molecule has 1 heterocycles. The maximum atomic E-state index is 11.5. The van der Waals surface area contributed by atoms with Crippen LogP contribution in [-0.4, -0.2) is 18.7 Å². The minimum absolute atomic E-state index is 0.0807. The normalized spacial score (nSPS) is 11.1. The average Bonchev–Trinajstić information content (AvgIpc) is 2.98. The molecule has 0 aliphatic rings. The van der Waals surface area contributed by atoms with Crippen LogP contribution in [0.15, 0.2) is 58.3 Å². The number of furan rings is 1. The first kappa shape index (κ1) is 14.6. The first-order valence-corrected chi connectivity index (χ1v) is 6.45. The molecule has 1 N–H and O–H groups in total. The number of benzene rings is 1. The number of hydrazone groups is 1. The van der Waals surface area contributed by atoms with Crippen LogP contribution in [-0.2, 0) is 4.79 Å². The minimum atomic E-state index is -0.320. The van der Waals surface area contributed by atoms with E-state index in [4.69, 9.17) is 9.15 Å². The molecule has 108 valence electrons. The number of rotatable bonds is 6. The Hall–Kier alpha value is -2.82. The van der Waals surface area contributed by atoms with Crippen molar-refractivity contribution in [1.82, 2.24) is 5.43 Å². The van der Waals surface area contributed by atoms with Gasteiger partial charge in [0.2, 0.25) is 0 Å². The molecule has 0 aliphatic heterocycles. The topological polar surface area (TPSA) is 63.8 Å². The van der Waals surface area contributed by atoms with Crippen molar-refractivity contribution in [2.45, 2.75) is 6.92 Å². The minimum Gasteiger partial charge on any atom is -0.484 e. The molecular weight excluding hydrogens is 268 g/mol. The molecule has 1 amide bonds. The summed E-state index contributed by atoms with van der Waals surface area (Å²) in [6.07, 6.45) is 6.45. The molecule has 2 aromatic rings. The van der Waals surface area contributed by atoms with Crippen LogP contribution < -0.4 is 10.2 Å². The lowest BCUT2D eigenvalue weighted by atomic mass is 10.2. The molecule has 0 radical (unpaired) electrons. The highest BCUT2D eigenvalue weighted by molar-refractivity contribution is 5.81. The van der Waals surface area contributed by atoms with Crippen molar-refractivity contribution in [3.8, 4) is 5.75 Å². The summed E-state index contributed by atoms with van der Waals surface area (Å²) in [4.78, 5) is 11.5. The van der Waals surface area contributed by atoms with Crippen LogP contribution in [0.5, 0.6) is 5.75 Å². The van der Waals surface area contributed by atoms with Gasteiger partial charge in [0.1, 0.15) is 11.5 Å². The van der Waals surface area contributed by atoms with Crippen LogP contribution in [0.4, 0.5) is 0 Å². The van der Waals surface area contributed by atoms with Crippen molar-refractivity contribution in [1.29, 1.82) is 0 Å². The van der Waals surface area contributed by atoms with Crippen LogP contribution in [0, 0.1) is 6.92 Å². The molecule has 0 unspecified atom stereocenters. The number of ether oxygens (including phenoxy) is 1. The van der Waals surface area contributed by atoms with E-state index in [2.05, 4.69) is 10.5 Å². The molecule has 5 heteroatoms. The SMILES string of the molecule is Cc1cccc(OCC(=O)NN=CC=Cc2ccco2)c1. The lowest BCUT2D eigenvalue weighted by molar-refractivity contribution is -0.123. The predicted molar refractivity (Wildman–Crippen MR) is 81.1 cm³/mol. The maximum absolute atomic E-state index is 11.5. The summed E-state index contributed by atoms with van der Waals surface area (Å²) in [5, 5.41) is 3.77. The van der Waals surface area contributed by atoms with Crippen LogP contribution in [0.1, 0.15) is 11.3 Å². The van der Waals surface area contributed by atoms with Crippen molar-refractivity contribution >= 4 is 18.2 Å². The largest absolute Gasteiger partial charge is 0.484 e. The summed E-state index contributed by atoms with van der Waals surface area (Å²) < 4.78 is 10.4. The standard InChI is InChI=1S/C16H16N2O3/c1-13-5-2-6-15(11-13)21-12-16(19)18-17-9-3-7-14-8-4-10-20-14/h2-11H,12H2,1H3,(H,18,19). The number of carbonyl (C=O) groups is 1. The molecule has 0 fully saturated rings. The molecule has 5 nitrogen and oxygen atoms in total. The number of allylic oxidation sites excluding steroid dienone is 1. The fourth-order valence-corrected chi connectivity index (χ4v) is 1.56. The summed E-state index contributed by atoms with van der Waals surface area (Å²) in [6.45, 7) is 1.88. The number of nitrogens with zero attached hydrogens (tertiary/aromatic N) is 1. The van der Waals surface area contributed by atoms with Crippen LogP contribution in [0.3, 0.4) is 0 Å². The van der Waals surface area contributed by atoms with E-state index in [0.717, 1.165) is 11.3 Å². The zero-order valence-electron chi connectivity index (χ0n) is 11.7. The monoisotopic (exact) mass is 284 g/mol. The zero-order valence-corrected chi connectivity index (χ0v) is 11.7. The molecule has 0 saturated carbocycles. The Bertz CT molecular complexity index is 631. The van der Waals surface area contributed by atoms with E-state index in [-0.39, 0.29) is 12.5 Å². The smallest absolute Gasteiger partial charge is 0.277 e. The van der Waals surface area contributed by atoms with Gasteiger partial charge in [0, 0.05) is 6.21 Å². The van der Waals surface area contributed by atoms with Crippen molar-refractivity contribution in [3.63, 3.8) is 0 Å². The molecular formula is C16H16N2O3. The molecule has 2 rings (SSSR count). The van der Waals surface area contributed by atoms with Crippen molar-refractivity contribution in [3.05, 3.63) is 60.1 Å². The number of hydrogen-bond donors (Lipinski definition) is 1. The van der Waals surface area contributed by atoms with Crippen LogP contribution in [0.25, 0.3) is 6.08 Å². The highest BCUT2D eigenvalue weighted by Crippen LogP contribution is 2.11. The van der Waals surface area contributed by atoms with Gasteiger partial charge < -0.3 is 9.15 Å². The third-order valence-corrected chi connectivity index (χ3v) is 2.51. The van der Waals surface area contributed by atoms with E-state index >= 15 is 0 Å². The van der Waals surface area contributed by atoms with E-state index in [0.29, 0.717) is 5.75 Å². The summed E-state index contributed by atoms with van der Waals surface area (Å²) >= 11 is 0.